The second kappa shape index (κ2) is 6.21. The molecule has 2 aromatic heterocycles. The van der Waals surface area contributed by atoms with Gasteiger partial charge in [0.25, 0.3) is 5.91 Å². The molecular formula is C15H15ClN6O. The number of nitrogens with zero attached hydrogens (tertiary/aromatic N) is 4. The monoisotopic (exact) mass is 330 g/mol. The van der Waals surface area contributed by atoms with E-state index in [0.29, 0.717) is 16.5 Å². The van der Waals surface area contributed by atoms with Crippen LogP contribution in [-0.2, 0) is 0 Å². The number of aromatic amines is 1. The first-order chi connectivity index (χ1) is 11.1. The van der Waals surface area contributed by atoms with Crippen molar-refractivity contribution < 1.29 is 4.79 Å². The molecule has 0 bridgehead atoms. The van der Waals surface area contributed by atoms with Gasteiger partial charge in [-0.05, 0) is 24.1 Å². The number of carbonyl (C=O) groups excluding carboxylic acids is 1. The van der Waals surface area contributed by atoms with Crippen LogP contribution in [0.25, 0.3) is 5.69 Å². The van der Waals surface area contributed by atoms with Crippen LogP contribution in [0, 0.1) is 0 Å². The molecule has 0 unspecified atom stereocenters. The van der Waals surface area contributed by atoms with E-state index in [0.717, 1.165) is 11.4 Å². The Morgan fingerprint density at radius 3 is 2.87 bits per heavy atom. The first-order valence-corrected chi connectivity index (χ1v) is 7.44. The molecule has 2 N–H and O–H groups in total. The van der Waals surface area contributed by atoms with Gasteiger partial charge in [-0.25, -0.2) is 9.78 Å². The van der Waals surface area contributed by atoms with Crippen LogP contribution in [0.2, 0.25) is 5.02 Å². The summed E-state index contributed by atoms with van der Waals surface area (Å²) in [7, 11) is 0. The summed E-state index contributed by atoms with van der Waals surface area (Å²) in [6.07, 6.45) is 2.87. The van der Waals surface area contributed by atoms with Gasteiger partial charge in [-0.3, -0.25) is 10.1 Å². The zero-order chi connectivity index (χ0) is 16.4. The Morgan fingerprint density at radius 2 is 2.22 bits per heavy atom. The molecule has 1 amide bonds. The lowest BCUT2D eigenvalue weighted by Gasteiger charge is -2.12. The first-order valence-electron chi connectivity index (χ1n) is 7.07. The molecule has 23 heavy (non-hydrogen) atoms. The predicted molar refractivity (Wildman–Crippen MR) is 87.0 cm³/mol. The fourth-order valence-electron chi connectivity index (χ4n) is 2.34. The van der Waals surface area contributed by atoms with Gasteiger partial charge in [0.1, 0.15) is 6.33 Å². The zero-order valence-electron chi connectivity index (χ0n) is 12.6. The van der Waals surface area contributed by atoms with Crippen molar-refractivity contribution in [2.75, 3.05) is 5.32 Å². The van der Waals surface area contributed by atoms with Crippen LogP contribution < -0.4 is 5.32 Å². The van der Waals surface area contributed by atoms with E-state index in [9.17, 15) is 4.79 Å². The lowest BCUT2D eigenvalue weighted by molar-refractivity contribution is 0.102. The molecule has 0 atom stereocenters. The molecule has 0 aliphatic heterocycles. The first kappa shape index (κ1) is 15.2. The quantitative estimate of drug-likeness (QED) is 0.769. The van der Waals surface area contributed by atoms with Crippen LogP contribution in [-0.4, -0.2) is 30.9 Å². The highest BCUT2D eigenvalue weighted by atomic mass is 35.5. The number of hydrogen-bond donors (Lipinski definition) is 2. The van der Waals surface area contributed by atoms with Gasteiger partial charge in [-0.1, -0.05) is 31.5 Å². The summed E-state index contributed by atoms with van der Waals surface area (Å²) in [5, 5.41) is 13.9. The summed E-state index contributed by atoms with van der Waals surface area (Å²) in [4.78, 5) is 16.4. The van der Waals surface area contributed by atoms with Crippen LogP contribution in [0.15, 0.2) is 36.8 Å². The molecule has 118 valence electrons. The van der Waals surface area contributed by atoms with Gasteiger partial charge >= 0.3 is 0 Å². The van der Waals surface area contributed by atoms with Gasteiger partial charge in [0, 0.05) is 5.02 Å². The molecule has 2 heterocycles. The van der Waals surface area contributed by atoms with Crippen LogP contribution in [0.5, 0.6) is 0 Å². The number of H-pyrrole nitrogens is 1. The fraction of sp³-hybridized carbons (Fsp3) is 0.200. The standard InChI is InChI=1S/C15H15ClN6O/c1-9(2)13-12(14(23)20-15-17-8-18-21-15)7-19-22(13)11-5-3-4-10(16)6-11/h3-9H,1-2H3,(H2,17,18,20,21,23). The molecule has 0 fully saturated rings. The maximum absolute atomic E-state index is 12.5. The maximum Gasteiger partial charge on any atom is 0.261 e. The Morgan fingerprint density at radius 1 is 1.39 bits per heavy atom. The predicted octanol–water partition coefficient (Wildman–Crippen LogP) is 3.02. The van der Waals surface area contributed by atoms with Crippen molar-refractivity contribution in [3.63, 3.8) is 0 Å². The van der Waals surface area contributed by atoms with Gasteiger partial charge in [0.05, 0.1) is 23.1 Å². The summed E-state index contributed by atoms with van der Waals surface area (Å²) in [6.45, 7) is 4.01. The number of aromatic nitrogens is 5. The summed E-state index contributed by atoms with van der Waals surface area (Å²) < 4.78 is 1.73. The number of anilines is 1. The van der Waals surface area contributed by atoms with Gasteiger partial charge in [0.15, 0.2) is 0 Å². The highest BCUT2D eigenvalue weighted by molar-refractivity contribution is 6.30. The number of nitrogens with one attached hydrogen (secondary N) is 2. The maximum atomic E-state index is 12.5. The Kier molecular flexibility index (Phi) is 4.12. The molecule has 7 nitrogen and oxygen atoms in total. The molecule has 8 heteroatoms. The van der Waals surface area contributed by atoms with Gasteiger partial charge < -0.3 is 0 Å². The van der Waals surface area contributed by atoms with E-state index in [1.807, 2.05) is 26.0 Å². The van der Waals surface area contributed by atoms with Crippen molar-refractivity contribution in [1.29, 1.82) is 0 Å². The third kappa shape index (κ3) is 3.09. The van der Waals surface area contributed by atoms with Crippen molar-refractivity contribution in [3.05, 3.63) is 53.1 Å². The summed E-state index contributed by atoms with van der Waals surface area (Å²) in [5.74, 6) is 0.0888. The third-order valence-electron chi connectivity index (χ3n) is 3.30. The van der Waals surface area contributed by atoms with Crippen molar-refractivity contribution in [2.24, 2.45) is 0 Å². The minimum Gasteiger partial charge on any atom is -0.291 e. The smallest absolute Gasteiger partial charge is 0.261 e. The van der Waals surface area contributed by atoms with Gasteiger partial charge in [-0.15, -0.1) is 0 Å². The number of benzene rings is 1. The lowest BCUT2D eigenvalue weighted by Crippen LogP contribution is -2.16. The molecule has 0 saturated heterocycles. The molecule has 0 spiro atoms. The Hall–Kier alpha value is -2.67. The van der Waals surface area contributed by atoms with Crippen molar-refractivity contribution in [1.82, 2.24) is 25.0 Å². The van der Waals surface area contributed by atoms with Gasteiger partial charge in [-0.2, -0.15) is 15.2 Å². The largest absolute Gasteiger partial charge is 0.291 e. The molecule has 3 rings (SSSR count). The van der Waals surface area contributed by atoms with Gasteiger partial charge in [0.2, 0.25) is 5.95 Å². The SMILES string of the molecule is CC(C)c1c(C(=O)Nc2ncn[nH]2)cnn1-c1cccc(Cl)c1. The van der Waals surface area contributed by atoms with E-state index in [-0.39, 0.29) is 11.8 Å². The normalized spacial score (nSPS) is 11.0. The van der Waals surface area contributed by atoms with Crippen LogP contribution >= 0.6 is 11.6 Å². The Bertz CT molecular complexity index is 824. The van der Waals surface area contributed by atoms with Crippen LogP contribution in [0.4, 0.5) is 5.95 Å². The highest BCUT2D eigenvalue weighted by Crippen LogP contribution is 2.24. The molecular weight excluding hydrogens is 316 g/mol. The Labute approximate surface area is 137 Å². The number of hydrogen-bond acceptors (Lipinski definition) is 4. The average Bonchev–Trinajstić information content (AvgIpc) is 3.15. The van der Waals surface area contributed by atoms with E-state index in [4.69, 9.17) is 11.6 Å². The molecule has 0 saturated carbocycles. The van der Waals surface area contributed by atoms with E-state index < -0.39 is 0 Å². The molecule has 1 aromatic carbocycles. The lowest BCUT2D eigenvalue weighted by atomic mass is 10.1. The Balaban J connectivity index is 2.00. The van der Waals surface area contributed by atoms with Crippen molar-refractivity contribution in [3.8, 4) is 5.69 Å². The fourth-order valence-corrected chi connectivity index (χ4v) is 2.53. The summed E-state index contributed by atoms with van der Waals surface area (Å²) in [5.41, 5.74) is 2.08. The van der Waals surface area contributed by atoms with E-state index >= 15 is 0 Å². The topological polar surface area (TPSA) is 88.5 Å². The minimum absolute atomic E-state index is 0.0898. The molecule has 3 aromatic rings. The molecule has 0 aliphatic rings. The average molecular weight is 331 g/mol. The van der Waals surface area contributed by atoms with Crippen molar-refractivity contribution >= 4 is 23.5 Å². The second-order valence-electron chi connectivity index (χ2n) is 5.28. The zero-order valence-corrected chi connectivity index (χ0v) is 13.4. The van der Waals surface area contributed by atoms with E-state index in [1.165, 1.54) is 6.33 Å². The molecule has 0 radical (unpaired) electrons. The number of carbonyl (C=O) groups is 1. The van der Waals surface area contributed by atoms with Crippen LogP contribution in [0.3, 0.4) is 0 Å². The second-order valence-corrected chi connectivity index (χ2v) is 5.71. The van der Waals surface area contributed by atoms with E-state index in [2.05, 4.69) is 25.6 Å². The summed E-state index contributed by atoms with van der Waals surface area (Å²) in [6, 6.07) is 7.33. The minimum atomic E-state index is -0.293. The van der Waals surface area contributed by atoms with E-state index in [1.54, 1.807) is 23.0 Å². The van der Waals surface area contributed by atoms with Crippen molar-refractivity contribution in [2.45, 2.75) is 19.8 Å². The number of halogens is 1. The van der Waals surface area contributed by atoms with Crippen LogP contribution in [0.1, 0.15) is 35.8 Å². The number of rotatable bonds is 4. The molecule has 0 aliphatic carbocycles. The highest BCUT2D eigenvalue weighted by Gasteiger charge is 2.21. The summed E-state index contributed by atoms with van der Waals surface area (Å²) >= 11 is 6.05. The number of amides is 1. The third-order valence-corrected chi connectivity index (χ3v) is 3.53.